The summed E-state index contributed by atoms with van der Waals surface area (Å²) in [7, 11) is 0. The predicted octanol–water partition coefficient (Wildman–Crippen LogP) is 2.17. The van der Waals surface area contributed by atoms with Gasteiger partial charge in [0.25, 0.3) is 0 Å². The van der Waals surface area contributed by atoms with E-state index in [0.29, 0.717) is 12.1 Å². The Morgan fingerprint density at radius 3 is 2.42 bits per heavy atom. The van der Waals surface area contributed by atoms with Crippen molar-refractivity contribution in [1.29, 1.82) is 0 Å². The minimum Gasteiger partial charge on any atom is -0.490 e. The number of nitrogen functional groups attached to an aromatic ring is 2. The first kappa shape index (κ1) is 11.9. The highest BCUT2D eigenvalue weighted by Crippen LogP contribution is 2.26. The Morgan fingerprint density at radius 2 is 1.84 bits per heavy atom. The molecule has 1 aliphatic carbocycles. The molecular weight excluding hydrogens is 240 g/mol. The molecule has 0 bridgehead atoms. The summed E-state index contributed by atoms with van der Waals surface area (Å²) in [5, 5.41) is 0. The van der Waals surface area contributed by atoms with Gasteiger partial charge in [0.15, 0.2) is 0 Å². The van der Waals surface area contributed by atoms with E-state index in [9.17, 15) is 0 Å². The maximum absolute atomic E-state index is 5.92. The first-order valence-electron chi connectivity index (χ1n) is 6.59. The second kappa shape index (κ2) is 4.84. The third-order valence-electron chi connectivity index (χ3n) is 3.52. The van der Waals surface area contributed by atoms with Gasteiger partial charge in [-0.25, -0.2) is 9.66 Å². The number of aromatic nitrogens is 2. The van der Waals surface area contributed by atoms with Crippen molar-refractivity contribution in [3.8, 4) is 17.0 Å². The fourth-order valence-corrected chi connectivity index (χ4v) is 2.45. The van der Waals surface area contributed by atoms with Crippen molar-refractivity contribution in [1.82, 2.24) is 9.66 Å². The molecule has 4 N–H and O–H groups in total. The molecule has 0 aliphatic heterocycles. The van der Waals surface area contributed by atoms with Crippen molar-refractivity contribution in [2.24, 2.45) is 0 Å². The Kier molecular flexibility index (Phi) is 3.03. The summed E-state index contributed by atoms with van der Waals surface area (Å²) in [4.78, 5) is 4.19. The molecule has 0 unspecified atom stereocenters. The molecule has 5 heteroatoms. The Hall–Kier alpha value is -2.17. The van der Waals surface area contributed by atoms with Crippen molar-refractivity contribution in [3.05, 3.63) is 30.5 Å². The zero-order chi connectivity index (χ0) is 13.2. The Bertz CT molecular complexity index is 536. The average molecular weight is 258 g/mol. The first-order chi connectivity index (χ1) is 9.22. The lowest BCUT2D eigenvalue weighted by Crippen LogP contribution is -2.10. The summed E-state index contributed by atoms with van der Waals surface area (Å²) in [6.07, 6.45) is 6.96. The summed E-state index contributed by atoms with van der Waals surface area (Å²) in [5.41, 5.74) is 7.37. The van der Waals surface area contributed by atoms with Crippen LogP contribution < -0.4 is 16.3 Å². The summed E-state index contributed by atoms with van der Waals surface area (Å²) in [6.45, 7) is 0. The SMILES string of the molecule is Nc1nc(-c2ccc(OC3CCCC3)cc2)cn1N. The van der Waals surface area contributed by atoms with Gasteiger partial charge in [-0.3, -0.25) is 0 Å². The molecule has 2 aromatic rings. The summed E-state index contributed by atoms with van der Waals surface area (Å²) in [6, 6.07) is 7.90. The number of hydrogen-bond acceptors (Lipinski definition) is 4. The molecule has 1 aliphatic rings. The molecule has 0 amide bonds. The van der Waals surface area contributed by atoms with Crippen molar-refractivity contribution in [2.75, 3.05) is 11.6 Å². The summed E-state index contributed by atoms with van der Waals surface area (Å²) >= 11 is 0. The molecule has 1 saturated carbocycles. The van der Waals surface area contributed by atoms with Crippen LogP contribution in [0.5, 0.6) is 5.75 Å². The van der Waals surface area contributed by atoms with E-state index in [2.05, 4.69) is 4.98 Å². The van der Waals surface area contributed by atoms with E-state index in [0.717, 1.165) is 29.8 Å². The van der Waals surface area contributed by atoms with Crippen LogP contribution in [0.3, 0.4) is 0 Å². The van der Waals surface area contributed by atoms with E-state index in [-0.39, 0.29) is 0 Å². The van der Waals surface area contributed by atoms with Crippen LogP contribution in [0.15, 0.2) is 30.5 Å². The van der Waals surface area contributed by atoms with Crippen LogP contribution in [0.1, 0.15) is 25.7 Å². The number of hydrogen-bond donors (Lipinski definition) is 2. The van der Waals surface area contributed by atoms with E-state index >= 15 is 0 Å². The van der Waals surface area contributed by atoms with Crippen LogP contribution >= 0.6 is 0 Å². The predicted molar refractivity (Wildman–Crippen MR) is 75.1 cm³/mol. The standard InChI is InChI=1S/C14H18N4O/c15-14-17-13(9-18(14)16)10-5-7-12(8-6-10)19-11-3-1-2-4-11/h5-9,11H,1-4,16H2,(H2,15,17). The molecule has 19 heavy (non-hydrogen) atoms. The monoisotopic (exact) mass is 258 g/mol. The lowest BCUT2D eigenvalue weighted by Gasteiger charge is -2.12. The summed E-state index contributed by atoms with van der Waals surface area (Å²) in [5.74, 6) is 6.84. The van der Waals surface area contributed by atoms with Gasteiger partial charge in [-0.1, -0.05) is 0 Å². The van der Waals surface area contributed by atoms with Gasteiger partial charge in [0.1, 0.15) is 5.75 Å². The molecule has 0 spiro atoms. The minimum absolute atomic E-state index is 0.307. The molecule has 5 nitrogen and oxygen atoms in total. The van der Waals surface area contributed by atoms with E-state index in [4.69, 9.17) is 16.3 Å². The van der Waals surface area contributed by atoms with E-state index in [1.165, 1.54) is 17.5 Å². The van der Waals surface area contributed by atoms with Gasteiger partial charge in [0.05, 0.1) is 18.0 Å². The number of benzene rings is 1. The quantitative estimate of drug-likeness (QED) is 0.827. The number of nitrogens with zero attached hydrogens (tertiary/aromatic N) is 2. The molecule has 0 atom stereocenters. The minimum atomic E-state index is 0.307. The van der Waals surface area contributed by atoms with Crippen molar-refractivity contribution >= 4 is 5.95 Å². The van der Waals surface area contributed by atoms with Gasteiger partial charge < -0.3 is 16.3 Å². The van der Waals surface area contributed by atoms with E-state index in [1.807, 2.05) is 24.3 Å². The van der Waals surface area contributed by atoms with Crippen LogP contribution in [0, 0.1) is 0 Å². The zero-order valence-electron chi connectivity index (χ0n) is 10.7. The van der Waals surface area contributed by atoms with E-state index in [1.54, 1.807) is 6.20 Å². The van der Waals surface area contributed by atoms with Gasteiger partial charge in [-0.05, 0) is 49.9 Å². The van der Waals surface area contributed by atoms with Gasteiger partial charge >= 0.3 is 0 Å². The maximum atomic E-state index is 5.92. The van der Waals surface area contributed by atoms with Crippen molar-refractivity contribution < 1.29 is 4.74 Å². The molecule has 1 heterocycles. The second-order valence-corrected chi connectivity index (χ2v) is 4.94. The molecule has 1 aromatic heterocycles. The van der Waals surface area contributed by atoms with Crippen molar-refractivity contribution in [3.63, 3.8) is 0 Å². The van der Waals surface area contributed by atoms with E-state index < -0.39 is 0 Å². The van der Waals surface area contributed by atoms with Gasteiger partial charge in [-0.15, -0.1) is 0 Å². The maximum Gasteiger partial charge on any atom is 0.219 e. The molecule has 1 aromatic carbocycles. The Labute approximate surface area is 112 Å². The Morgan fingerprint density at radius 1 is 1.16 bits per heavy atom. The highest BCUT2D eigenvalue weighted by Gasteiger charge is 2.16. The number of imidazole rings is 1. The zero-order valence-corrected chi connectivity index (χ0v) is 10.7. The van der Waals surface area contributed by atoms with Gasteiger partial charge in [-0.2, -0.15) is 0 Å². The average Bonchev–Trinajstić information content (AvgIpc) is 3.02. The van der Waals surface area contributed by atoms with Crippen LogP contribution in [0.25, 0.3) is 11.3 Å². The highest BCUT2D eigenvalue weighted by atomic mass is 16.5. The third-order valence-corrected chi connectivity index (χ3v) is 3.52. The van der Waals surface area contributed by atoms with Crippen LogP contribution in [-0.4, -0.2) is 15.8 Å². The fourth-order valence-electron chi connectivity index (χ4n) is 2.45. The number of nitrogens with two attached hydrogens (primary N) is 2. The largest absolute Gasteiger partial charge is 0.490 e. The highest BCUT2D eigenvalue weighted by molar-refractivity contribution is 5.61. The third kappa shape index (κ3) is 2.50. The molecule has 1 fully saturated rings. The molecular formula is C14H18N4O. The number of rotatable bonds is 3. The molecule has 0 radical (unpaired) electrons. The molecule has 3 rings (SSSR count). The molecule has 100 valence electrons. The van der Waals surface area contributed by atoms with Gasteiger partial charge in [0, 0.05) is 5.56 Å². The topological polar surface area (TPSA) is 79.1 Å². The smallest absolute Gasteiger partial charge is 0.219 e. The lowest BCUT2D eigenvalue weighted by atomic mass is 10.1. The Balaban J connectivity index is 1.74. The number of ether oxygens (including phenoxy) is 1. The van der Waals surface area contributed by atoms with Gasteiger partial charge in [0.2, 0.25) is 5.95 Å². The lowest BCUT2D eigenvalue weighted by molar-refractivity contribution is 0.210. The van der Waals surface area contributed by atoms with Crippen LogP contribution in [0.2, 0.25) is 0 Å². The van der Waals surface area contributed by atoms with Crippen LogP contribution in [0.4, 0.5) is 5.95 Å². The number of anilines is 1. The van der Waals surface area contributed by atoms with Crippen molar-refractivity contribution in [2.45, 2.75) is 31.8 Å². The second-order valence-electron chi connectivity index (χ2n) is 4.94. The fraction of sp³-hybridized carbons (Fsp3) is 0.357. The molecule has 0 saturated heterocycles. The van der Waals surface area contributed by atoms with Crippen LogP contribution in [-0.2, 0) is 0 Å². The first-order valence-corrected chi connectivity index (χ1v) is 6.59. The summed E-state index contributed by atoms with van der Waals surface area (Å²) < 4.78 is 7.24. The normalized spacial score (nSPS) is 15.8.